The Morgan fingerprint density at radius 2 is 2.07 bits per heavy atom. The van der Waals surface area contributed by atoms with Crippen LogP contribution in [0, 0.1) is 6.92 Å². The average molecular weight is 371 g/mol. The lowest BCUT2D eigenvalue weighted by molar-refractivity contribution is -0.139. The number of methoxy groups -OCH3 is 1. The minimum atomic E-state index is -1.00. The quantitative estimate of drug-likeness (QED) is 0.779. The van der Waals surface area contributed by atoms with Gasteiger partial charge in [0.2, 0.25) is 0 Å². The van der Waals surface area contributed by atoms with Gasteiger partial charge in [0.1, 0.15) is 0 Å². The zero-order chi connectivity index (χ0) is 19.6. The number of rotatable bonds is 7. The van der Waals surface area contributed by atoms with Crippen LogP contribution in [0.1, 0.15) is 47.1 Å². The van der Waals surface area contributed by atoms with Gasteiger partial charge >= 0.3 is 5.97 Å². The molecular weight excluding hydrogens is 346 g/mol. The number of para-hydroxylation sites is 1. The number of carbonyl (C=O) groups is 2. The molecule has 1 aliphatic carbocycles. The van der Waals surface area contributed by atoms with Crippen LogP contribution in [0.2, 0.25) is 0 Å². The molecule has 0 bridgehead atoms. The number of aromatic nitrogens is 2. The Morgan fingerprint density at radius 1 is 1.33 bits per heavy atom. The van der Waals surface area contributed by atoms with Crippen LogP contribution in [0.15, 0.2) is 24.3 Å². The zero-order valence-corrected chi connectivity index (χ0v) is 15.9. The Balaban J connectivity index is 1.95. The van der Waals surface area contributed by atoms with Crippen molar-refractivity contribution >= 4 is 11.9 Å². The van der Waals surface area contributed by atoms with Crippen LogP contribution < -0.4 is 5.32 Å². The number of carbonyl (C=O) groups excluding carboxylic acids is 1. The molecule has 1 aromatic heterocycles. The van der Waals surface area contributed by atoms with Gasteiger partial charge in [-0.1, -0.05) is 18.2 Å². The summed E-state index contributed by atoms with van der Waals surface area (Å²) >= 11 is 0. The van der Waals surface area contributed by atoms with E-state index in [-0.39, 0.29) is 18.9 Å². The molecule has 1 unspecified atom stereocenters. The number of amides is 1. The number of nitrogens with one attached hydrogen (secondary N) is 1. The highest BCUT2D eigenvalue weighted by Gasteiger charge is 2.33. The van der Waals surface area contributed by atoms with E-state index in [1.165, 1.54) is 7.11 Å². The van der Waals surface area contributed by atoms with E-state index in [9.17, 15) is 14.7 Å². The number of hydrogen-bond donors (Lipinski definition) is 2. The van der Waals surface area contributed by atoms with Gasteiger partial charge in [0.05, 0.1) is 24.3 Å². The SMILES string of the molecule is COCC(C)(CC(=O)O)NC(=O)c1nn(-c2ccccc2C)c2c1CCC2. The maximum atomic E-state index is 13.0. The van der Waals surface area contributed by atoms with Crippen LogP contribution in [0.3, 0.4) is 0 Å². The molecule has 0 radical (unpaired) electrons. The van der Waals surface area contributed by atoms with Gasteiger partial charge in [0, 0.05) is 18.4 Å². The molecular formula is C20H25N3O4. The summed E-state index contributed by atoms with van der Waals surface area (Å²) in [6.45, 7) is 3.79. The minimum absolute atomic E-state index is 0.103. The fraction of sp³-hybridized carbons (Fsp3) is 0.450. The van der Waals surface area contributed by atoms with Crippen molar-refractivity contribution in [3.8, 4) is 5.69 Å². The van der Waals surface area contributed by atoms with Gasteiger partial charge in [0.15, 0.2) is 5.69 Å². The highest BCUT2D eigenvalue weighted by atomic mass is 16.5. The maximum absolute atomic E-state index is 13.0. The monoisotopic (exact) mass is 371 g/mol. The summed E-state index contributed by atoms with van der Waals surface area (Å²) in [6, 6.07) is 7.93. The summed E-state index contributed by atoms with van der Waals surface area (Å²) in [5, 5.41) is 16.6. The molecule has 0 aliphatic heterocycles. The number of fused-ring (bicyclic) bond motifs is 1. The van der Waals surface area contributed by atoms with Crippen molar-refractivity contribution in [1.82, 2.24) is 15.1 Å². The number of carboxylic acid groups (broad SMARTS) is 1. The van der Waals surface area contributed by atoms with Crippen LogP contribution in [-0.2, 0) is 22.4 Å². The molecule has 2 N–H and O–H groups in total. The second-order valence-corrected chi connectivity index (χ2v) is 7.34. The molecule has 1 atom stereocenters. The standard InChI is InChI=1S/C20H25N3O4/c1-13-7-4-5-9-15(13)23-16-10-6-8-14(16)18(22-23)19(26)21-20(2,12-27-3)11-17(24)25/h4-5,7,9H,6,8,10-12H2,1-3H3,(H,21,26)(H,24,25). The molecule has 0 saturated carbocycles. The first-order chi connectivity index (χ1) is 12.8. The third kappa shape index (κ3) is 3.88. The van der Waals surface area contributed by atoms with Crippen LogP contribution >= 0.6 is 0 Å². The minimum Gasteiger partial charge on any atom is -0.481 e. The largest absolute Gasteiger partial charge is 0.481 e. The summed E-state index contributed by atoms with van der Waals surface area (Å²) in [6.07, 6.45) is 2.41. The molecule has 1 amide bonds. The summed E-state index contributed by atoms with van der Waals surface area (Å²) in [5.74, 6) is -1.35. The van der Waals surface area contributed by atoms with E-state index < -0.39 is 11.5 Å². The first kappa shape index (κ1) is 19.1. The summed E-state index contributed by atoms with van der Waals surface area (Å²) in [7, 11) is 1.48. The molecule has 0 spiro atoms. The number of hydrogen-bond acceptors (Lipinski definition) is 4. The molecule has 144 valence electrons. The fourth-order valence-electron chi connectivity index (χ4n) is 3.74. The predicted molar refractivity (Wildman–Crippen MR) is 100 cm³/mol. The number of ether oxygens (including phenoxy) is 1. The number of aliphatic carboxylic acids is 1. The van der Waals surface area contributed by atoms with E-state index in [1.807, 2.05) is 35.9 Å². The van der Waals surface area contributed by atoms with E-state index >= 15 is 0 Å². The number of nitrogens with zero attached hydrogens (tertiary/aromatic N) is 2. The number of benzene rings is 1. The summed E-state index contributed by atoms with van der Waals surface area (Å²) in [5.41, 5.74) is 3.41. The van der Waals surface area contributed by atoms with Gasteiger partial charge in [0.25, 0.3) is 5.91 Å². The Morgan fingerprint density at radius 3 is 2.74 bits per heavy atom. The van der Waals surface area contributed by atoms with Gasteiger partial charge in [-0.05, 0) is 44.7 Å². The van der Waals surface area contributed by atoms with Gasteiger partial charge < -0.3 is 15.2 Å². The number of aryl methyl sites for hydroxylation is 1. The zero-order valence-electron chi connectivity index (χ0n) is 15.9. The van der Waals surface area contributed by atoms with Crippen molar-refractivity contribution in [2.45, 2.75) is 45.1 Å². The average Bonchev–Trinajstić information content (AvgIpc) is 3.16. The van der Waals surface area contributed by atoms with Gasteiger partial charge in [-0.25, -0.2) is 4.68 Å². The lowest BCUT2D eigenvalue weighted by Gasteiger charge is -2.28. The molecule has 0 fully saturated rings. The third-order valence-corrected chi connectivity index (χ3v) is 4.91. The van der Waals surface area contributed by atoms with Crippen molar-refractivity contribution < 1.29 is 19.4 Å². The van der Waals surface area contributed by atoms with Crippen molar-refractivity contribution in [3.63, 3.8) is 0 Å². The van der Waals surface area contributed by atoms with Gasteiger partial charge in [-0.15, -0.1) is 0 Å². The highest BCUT2D eigenvalue weighted by molar-refractivity contribution is 5.95. The topological polar surface area (TPSA) is 93.4 Å². The molecule has 1 heterocycles. The van der Waals surface area contributed by atoms with E-state index in [4.69, 9.17) is 4.74 Å². The van der Waals surface area contributed by atoms with Crippen LogP contribution in [0.4, 0.5) is 0 Å². The van der Waals surface area contributed by atoms with Crippen molar-refractivity contribution in [2.75, 3.05) is 13.7 Å². The number of carboxylic acids is 1. The van der Waals surface area contributed by atoms with Crippen LogP contribution in [0.25, 0.3) is 5.69 Å². The first-order valence-corrected chi connectivity index (χ1v) is 9.04. The second kappa shape index (κ2) is 7.52. The molecule has 27 heavy (non-hydrogen) atoms. The Kier molecular flexibility index (Phi) is 5.32. The van der Waals surface area contributed by atoms with Crippen molar-refractivity contribution in [1.29, 1.82) is 0 Å². The molecule has 1 aliphatic rings. The Bertz CT molecular complexity index is 874. The van der Waals surface area contributed by atoms with Crippen LogP contribution in [-0.4, -0.2) is 46.0 Å². The molecule has 2 aromatic rings. The molecule has 7 heteroatoms. The maximum Gasteiger partial charge on any atom is 0.305 e. The van der Waals surface area contributed by atoms with E-state index in [2.05, 4.69) is 10.4 Å². The lowest BCUT2D eigenvalue weighted by Crippen LogP contribution is -2.51. The Labute approximate surface area is 158 Å². The molecule has 3 rings (SSSR count). The normalized spacial score (nSPS) is 15.2. The third-order valence-electron chi connectivity index (χ3n) is 4.91. The van der Waals surface area contributed by atoms with Gasteiger partial charge in [-0.3, -0.25) is 9.59 Å². The lowest BCUT2D eigenvalue weighted by atomic mass is 9.98. The van der Waals surface area contributed by atoms with E-state index in [0.29, 0.717) is 5.69 Å². The van der Waals surface area contributed by atoms with E-state index in [1.54, 1.807) is 6.92 Å². The van der Waals surface area contributed by atoms with Crippen molar-refractivity contribution in [3.05, 3.63) is 46.8 Å². The molecule has 0 saturated heterocycles. The van der Waals surface area contributed by atoms with Gasteiger partial charge in [-0.2, -0.15) is 5.10 Å². The Hall–Kier alpha value is -2.67. The fourth-order valence-corrected chi connectivity index (χ4v) is 3.74. The highest BCUT2D eigenvalue weighted by Crippen LogP contribution is 2.29. The first-order valence-electron chi connectivity index (χ1n) is 9.04. The van der Waals surface area contributed by atoms with Crippen molar-refractivity contribution in [2.24, 2.45) is 0 Å². The molecule has 1 aromatic carbocycles. The summed E-state index contributed by atoms with van der Waals surface area (Å²) < 4.78 is 6.98. The summed E-state index contributed by atoms with van der Waals surface area (Å²) in [4.78, 5) is 24.2. The van der Waals surface area contributed by atoms with Crippen LogP contribution in [0.5, 0.6) is 0 Å². The van der Waals surface area contributed by atoms with E-state index in [0.717, 1.165) is 41.8 Å². The molecule has 7 nitrogen and oxygen atoms in total. The predicted octanol–water partition coefficient (Wildman–Crippen LogP) is 2.28. The smallest absolute Gasteiger partial charge is 0.305 e. The second-order valence-electron chi connectivity index (χ2n) is 7.34.